The molecule has 0 fully saturated rings. The van der Waals surface area contributed by atoms with Crippen molar-refractivity contribution in [2.24, 2.45) is 20.0 Å². The number of aryl methyl sites for hydroxylation is 2. The predicted molar refractivity (Wildman–Crippen MR) is 115 cm³/mol. The molecule has 0 bridgehead atoms. The molecule has 0 saturated carbocycles. The van der Waals surface area contributed by atoms with E-state index in [-0.39, 0.29) is 16.3 Å². The number of carbonyl (C=O) groups is 1. The molecular weight excluding hydrogens is 406 g/mol. The lowest BCUT2D eigenvalue weighted by molar-refractivity contribution is -0.120. The van der Waals surface area contributed by atoms with E-state index in [0.29, 0.717) is 23.4 Å². The molecule has 0 spiro atoms. The first-order valence-corrected chi connectivity index (χ1v) is 11.0. The molecule has 3 rings (SSSR count). The van der Waals surface area contributed by atoms with Crippen LogP contribution in [0, 0.1) is 5.92 Å². The van der Waals surface area contributed by atoms with Crippen LogP contribution in [0.1, 0.15) is 20.8 Å². The third-order valence-electron chi connectivity index (χ3n) is 4.86. The highest BCUT2D eigenvalue weighted by molar-refractivity contribution is 7.93. The molecule has 2 aromatic carbocycles. The molecular formula is C21H25N3O5S. The zero-order valence-corrected chi connectivity index (χ0v) is 18.4. The third-order valence-corrected chi connectivity index (χ3v) is 6.58. The third kappa shape index (κ3) is 3.60. The molecule has 0 atom stereocenters. The molecule has 0 unspecified atom stereocenters. The molecule has 1 aromatic heterocycles. The van der Waals surface area contributed by atoms with Gasteiger partial charge >= 0.3 is 5.69 Å². The quantitative estimate of drug-likeness (QED) is 0.598. The fourth-order valence-corrected chi connectivity index (χ4v) is 4.77. The van der Waals surface area contributed by atoms with Crippen molar-refractivity contribution in [2.75, 3.05) is 10.9 Å². The Labute approximate surface area is 175 Å². The number of amides is 1. The highest BCUT2D eigenvalue weighted by Gasteiger charge is 2.33. The van der Waals surface area contributed by atoms with Gasteiger partial charge in [0.15, 0.2) is 0 Å². The lowest BCUT2D eigenvalue weighted by atomic mass is 10.2. The summed E-state index contributed by atoms with van der Waals surface area (Å²) >= 11 is 0. The minimum absolute atomic E-state index is 0.0703. The molecule has 1 amide bonds. The Hall–Kier alpha value is -3.07. The van der Waals surface area contributed by atoms with Crippen LogP contribution in [0.15, 0.2) is 52.2 Å². The van der Waals surface area contributed by atoms with Gasteiger partial charge in [-0.3, -0.25) is 13.9 Å². The smallest absolute Gasteiger partial charge is 0.328 e. The van der Waals surface area contributed by atoms with Gasteiger partial charge in [0.2, 0.25) is 5.91 Å². The maximum atomic E-state index is 13.5. The predicted octanol–water partition coefficient (Wildman–Crippen LogP) is 2.65. The zero-order valence-electron chi connectivity index (χ0n) is 17.6. The van der Waals surface area contributed by atoms with Crippen LogP contribution in [-0.2, 0) is 28.9 Å². The fraction of sp³-hybridized carbons (Fsp3) is 0.333. The number of anilines is 1. The number of rotatable bonds is 6. The van der Waals surface area contributed by atoms with Gasteiger partial charge in [-0.25, -0.2) is 17.5 Å². The maximum absolute atomic E-state index is 13.5. The minimum atomic E-state index is -4.22. The maximum Gasteiger partial charge on any atom is 0.328 e. The van der Waals surface area contributed by atoms with Gasteiger partial charge < -0.3 is 4.74 Å². The Morgan fingerprint density at radius 2 is 1.63 bits per heavy atom. The van der Waals surface area contributed by atoms with Gasteiger partial charge in [0, 0.05) is 20.0 Å². The van der Waals surface area contributed by atoms with E-state index in [4.69, 9.17) is 4.74 Å². The van der Waals surface area contributed by atoms with E-state index in [9.17, 15) is 18.0 Å². The number of fused-ring (bicyclic) bond motifs is 1. The van der Waals surface area contributed by atoms with E-state index >= 15 is 0 Å². The van der Waals surface area contributed by atoms with Crippen LogP contribution < -0.4 is 14.7 Å². The number of ether oxygens (including phenoxy) is 1. The van der Waals surface area contributed by atoms with Crippen LogP contribution in [0.25, 0.3) is 11.0 Å². The first-order valence-electron chi connectivity index (χ1n) is 9.57. The van der Waals surface area contributed by atoms with Crippen molar-refractivity contribution in [3.8, 4) is 5.75 Å². The molecule has 0 radical (unpaired) electrons. The van der Waals surface area contributed by atoms with Crippen molar-refractivity contribution in [2.45, 2.75) is 25.7 Å². The summed E-state index contributed by atoms with van der Waals surface area (Å²) in [6.45, 7) is 5.61. The Bertz CT molecular complexity index is 1250. The largest absolute Gasteiger partial charge is 0.494 e. The molecule has 8 nitrogen and oxygen atoms in total. The van der Waals surface area contributed by atoms with Gasteiger partial charge in [0.25, 0.3) is 10.0 Å². The number of benzene rings is 2. The van der Waals surface area contributed by atoms with Crippen molar-refractivity contribution in [3.63, 3.8) is 0 Å². The van der Waals surface area contributed by atoms with Crippen molar-refractivity contribution in [3.05, 3.63) is 52.9 Å². The second-order valence-corrected chi connectivity index (χ2v) is 9.03. The van der Waals surface area contributed by atoms with Crippen LogP contribution in [-0.4, -0.2) is 30.1 Å². The van der Waals surface area contributed by atoms with Crippen LogP contribution in [0.4, 0.5) is 5.69 Å². The standard InChI is InChI=1S/C21H25N3O5S/c1-6-29-16-9-7-15(8-10-16)24(20(25)14(2)3)30(27,28)17-11-12-18-19(13-17)23(5)21(26)22(18)4/h7-14H,6H2,1-5H3. The van der Waals surface area contributed by atoms with E-state index in [1.807, 2.05) is 6.92 Å². The van der Waals surface area contributed by atoms with Crippen LogP contribution in [0.5, 0.6) is 5.75 Å². The van der Waals surface area contributed by atoms with E-state index in [2.05, 4.69) is 0 Å². The number of sulfonamides is 1. The number of hydrogen-bond donors (Lipinski definition) is 0. The van der Waals surface area contributed by atoms with E-state index in [0.717, 1.165) is 4.31 Å². The molecule has 160 valence electrons. The molecule has 0 aliphatic heterocycles. The fourth-order valence-electron chi connectivity index (χ4n) is 3.22. The number of aromatic nitrogens is 2. The topological polar surface area (TPSA) is 90.6 Å². The molecule has 0 aliphatic carbocycles. The van der Waals surface area contributed by atoms with Crippen molar-refractivity contribution < 1.29 is 17.9 Å². The van der Waals surface area contributed by atoms with Gasteiger partial charge in [-0.15, -0.1) is 0 Å². The highest BCUT2D eigenvalue weighted by atomic mass is 32.2. The molecule has 3 aromatic rings. The number of carbonyl (C=O) groups excluding carboxylic acids is 1. The van der Waals surface area contributed by atoms with Crippen molar-refractivity contribution in [1.82, 2.24) is 9.13 Å². The summed E-state index contributed by atoms with van der Waals surface area (Å²) in [4.78, 5) is 25.0. The average Bonchev–Trinajstić information content (AvgIpc) is 2.93. The Morgan fingerprint density at radius 1 is 1.03 bits per heavy atom. The Morgan fingerprint density at radius 3 is 2.20 bits per heavy atom. The molecule has 1 heterocycles. The van der Waals surface area contributed by atoms with Crippen LogP contribution in [0.3, 0.4) is 0 Å². The number of hydrogen-bond acceptors (Lipinski definition) is 5. The monoisotopic (exact) mass is 431 g/mol. The summed E-state index contributed by atoms with van der Waals surface area (Å²) < 4.78 is 36.1. The Balaban J connectivity index is 2.17. The van der Waals surface area contributed by atoms with Crippen molar-refractivity contribution >= 4 is 32.7 Å². The second kappa shape index (κ2) is 7.98. The molecule has 0 aliphatic rings. The minimum Gasteiger partial charge on any atom is -0.494 e. The molecule has 0 saturated heterocycles. The lowest BCUT2D eigenvalue weighted by Gasteiger charge is -2.24. The summed E-state index contributed by atoms with van der Waals surface area (Å²) in [5.74, 6) is -0.520. The highest BCUT2D eigenvalue weighted by Crippen LogP contribution is 2.29. The van der Waals surface area contributed by atoms with E-state index in [1.54, 1.807) is 58.3 Å². The summed E-state index contributed by atoms with van der Waals surface area (Å²) in [6.07, 6.45) is 0. The summed E-state index contributed by atoms with van der Waals surface area (Å²) in [7, 11) is -1.02. The van der Waals surface area contributed by atoms with Crippen LogP contribution in [0.2, 0.25) is 0 Å². The van der Waals surface area contributed by atoms with Gasteiger partial charge in [0.1, 0.15) is 5.75 Å². The van der Waals surface area contributed by atoms with Crippen LogP contribution >= 0.6 is 0 Å². The molecule has 30 heavy (non-hydrogen) atoms. The zero-order chi connectivity index (χ0) is 22.2. The first kappa shape index (κ1) is 21.6. The van der Waals surface area contributed by atoms with Gasteiger partial charge in [0.05, 0.1) is 28.2 Å². The Kier molecular flexibility index (Phi) is 5.76. The summed E-state index contributed by atoms with van der Waals surface area (Å²) in [5.41, 5.74) is 1.02. The summed E-state index contributed by atoms with van der Waals surface area (Å²) in [5, 5.41) is 0. The molecule has 0 N–H and O–H groups in total. The normalized spacial score (nSPS) is 11.8. The van der Waals surface area contributed by atoms with Gasteiger partial charge in [-0.2, -0.15) is 0 Å². The van der Waals surface area contributed by atoms with Gasteiger partial charge in [-0.05, 0) is 49.4 Å². The van der Waals surface area contributed by atoms with Gasteiger partial charge in [-0.1, -0.05) is 13.8 Å². The summed E-state index contributed by atoms with van der Waals surface area (Å²) in [6, 6.07) is 10.7. The number of nitrogens with zero attached hydrogens (tertiary/aromatic N) is 3. The first-order chi connectivity index (χ1) is 14.1. The SMILES string of the molecule is CCOc1ccc(N(C(=O)C(C)C)S(=O)(=O)c2ccc3c(c2)n(C)c(=O)n3C)cc1. The average molecular weight is 432 g/mol. The second-order valence-electron chi connectivity index (χ2n) is 7.24. The lowest BCUT2D eigenvalue weighted by Crippen LogP contribution is -2.39. The van der Waals surface area contributed by atoms with Crippen molar-refractivity contribution in [1.29, 1.82) is 0 Å². The van der Waals surface area contributed by atoms with E-state index in [1.165, 1.54) is 21.3 Å². The number of imidazole rings is 1. The molecule has 9 heteroatoms. The van der Waals surface area contributed by atoms with E-state index < -0.39 is 21.8 Å².